The third-order valence-corrected chi connectivity index (χ3v) is 2.57. The van der Waals surface area contributed by atoms with Crippen LogP contribution in [0.2, 0.25) is 0 Å². The highest BCUT2D eigenvalue weighted by molar-refractivity contribution is 5.18. The second-order valence-electron chi connectivity index (χ2n) is 3.63. The zero-order valence-electron chi connectivity index (χ0n) is 9.19. The van der Waals surface area contributed by atoms with E-state index < -0.39 is 5.82 Å². The van der Waals surface area contributed by atoms with Crippen molar-refractivity contribution in [2.24, 2.45) is 0 Å². The molecule has 0 heterocycles. The fourth-order valence-electron chi connectivity index (χ4n) is 1.51. The topological polar surface area (TPSA) is 12.0 Å². The third-order valence-electron chi connectivity index (χ3n) is 2.57. The van der Waals surface area contributed by atoms with E-state index in [-0.39, 0.29) is 5.82 Å². The van der Waals surface area contributed by atoms with Crippen molar-refractivity contribution in [3.63, 3.8) is 0 Å². The molecule has 1 nitrogen and oxygen atoms in total. The summed E-state index contributed by atoms with van der Waals surface area (Å²) >= 11 is 0. The van der Waals surface area contributed by atoms with Gasteiger partial charge in [0.25, 0.3) is 0 Å². The second-order valence-corrected chi connectivity index (χ2v) is 3.63. The van der Waals surface area contributed by atoms with Crippen LogP contribution in [0.3, 0.4) is 0 Å². The van der Waals surface area contributed by atoms with Gasteiger partial charge in [-0.3, -0.25) is 0 Å². The Morgan fingerprint density at radius 1 is 1.20 bits per heavy atom. The largest absolute Gasteiger partial charge is 0.310 e. The molecule has 84 valence electrons. The summed E-state index contributed by atoms with van der Waals surface area (Å²) in [5.74, 6) is -0.743. The van der Waals surface area contributed by atoms with Gasteiger partial charge in [-0.25, -0.2) is 8.78 Å². The summed E-state index contributed by atoms with van der Waals surface area (Å²) < 4.78 is 26.1. The molecule has 0 radical (unpaired) electrons. The second kappa shape index (κ2) is 5.81. The normalized spacial score (nSPS) is 11.0. The summed E-state index contributed by atoms with van der Waals surface area (Å²) in [6.07, 6.45) is 1.99. The van der Waals surface area contributed by atoms with Gasteiger partial charge in [0, 0.05) is 18.2 Å². The minimum Gasteiger partial charge on any atom is -0.310 e. The lowest BCUT2D eigenvalue weighted by Crippen LogP contribution is -2.27. The van der Waals surface area contributed by atoms with Gasteiger partial charge in [0.05, 0.1) is 0 Å². The first-order valence-corrected chi connectivity index (χ1v) is 5.34. The Bertz CT molecular complexity index is 308. The maximum absolute atomic E-state index is 13.2. The lowest BCUT2D eigenvalue weighted by Gasteiger charge is -2.14. The molecule has 0 saturated carbocycles. The van der Waals surface area contributed by atoms with E-state index >= 15 is 0 Å². The molecule has 0 saturated heterocycles. The SMILES string of the molecule is CCC(CC)NCc1cc(F)ccc1F. The predicted molar refractivity (Wildman–Crippen MR) is 57.6 cm³/mol. The van der Waals surface area contributed by atoms with Crippen molar-refractivity contribution in [2.75, 3.05) is 0 Å². The number of benzene rings is 1. The van der Waals surface area contributed by atoms with Gasteiger partial charge in [0.1, 0.15) is 11.6 Å². The van der Waals surface area contributed by atoms with Crippen molar-refractivity contribution >= 4 is 0 Å². The smallest absolute Gasteiger partial charge is 0.127 e. The Labute approximate surface area is 89.5 Å². The molecular weight excluding hydrogens is 196 g/mol. The van der Waals surface area contributed by atoms with Crippen LogP contribution in [0.25, 0.3) is 0 Å². The van der Waals surface area contributed by atoms with E-state index in [4.69, 9.17) is 0 Å². The summed E-state index contributed by atoms with van der Waals surface area (Å²) in [6.45, 7) is 4.53. The van der Waals surface area contributed by atoms with Crippen LogP contribution in [-0.2, 0) is 6.54 Å². The van der Waals surface area contributed by atoms with Crippen molar-refractivity contribution in [1.82, 2.24) is 5.32 Å². The first-order valence-electron chi connectivity index (χ1n) is 5.34. The minimum atomic E-state index is -0.391. The molecule has 0 spiro atoms. The molecular formula is C12H17F2N. The zero-order chi connectivity index (χ0) is 11.3. The van der Waals surface area contributed by atoms with Crippen LogP contribution in [0.15, 0.2) is 18.2 Å². The van der Waals surface area contributed by atoms with Crippen molar-refractivity contribution in [3.8, 4) is 0 Å². The molecule has 0 aliphatic rings. The van der Waals surface area contributed by atoms with Crippen LogP contribution >= 0.6 is 0 Å². The maximum atomic E-state index is 13.2. The van der Waals surface area contributed by atoms with E-state index in [1.807, 2.05) is 0 Å². The number of halogens is 2. The molecule has 3 heteroatoms. The number of hydrogen-bond acceptors (Lipinski definition) is 1. The minimum absolute atomic E-state index is 0.352. The highest BCUT2D eigenvalue weighted by Gasteiger charge is 2.06. The van der Waals surface area contributed by atoms with Crippen LogP contribution in [0.4, 0.5) is 8.78 Å². The number of hydrogen-bond donors (Lipinski definition) is 1. The first-order chi connectivity index (χ1) is 7.17. The fourth-order valence-corrected chi connectivity index (χ4v) is 1.51. The summed E-state index contributed by atoms with van der Waals surface area (Å²) in [4.78, 5) is 0. The van der Waals surface area contributed by atoms with Crippen molar-refractivity contribution in [1.29, 1.82) is 0 Å². The van der Waals surface area contributed by atoms with E-state index in [2.05, 4.69) is 19.2 Å². The molecule has 0 aromatic heterocycles. The van der Waals surface area contributed by atoms with Crippen LogP contribution in [-0.4, -0.2) is 6.04 Å². The van der Waals surface area contributed by atoms with E-state index in [0.717, 1.165) is 18.9 Å². The fraction of sp³-hybridized carbons (Fsp3) is 0.500. The average molecular weight is 213 g/mol. The Balaban J connectivity index is 2.60. The van der Waals surface area contributed by atoms with Crippen LogP contribution in [0, 0.1) is 11.6 Å². The number of nitrogens with one attached hydrogen (secondary N) is 1. The van der Waals surface area contributed by atoms with E-state index in [9.17, 15) is 8.78 Å². The van der Waals surface area contributed by atoms with Gasteiger partial charge in [0.2, 0.25) is 0 Å². The van der Waals surface area contributed by atoms with Gasteiger partial charge < -0.3 is 5.32 Å². The summed E-state index contributed by atoms with van der Waals surface area (Å²) in [5.41, 5.74) is 0.391. The third kappa shape index (κ3) is 3.59. The molecule has 0 amide bonds. The maximum Gasteiger partial charge on any atom is 0.127 e. The summed E-state index contributed by atoms with van der Waals surface area (Å²) in [6, 6.07) is 3.91. The molecule has 0 atom stereocenters. The van der Waals surface area contributed by atoms with E-state index in [0.29, 0.717) is 18.2 Å². The Kier molecular flexibility index (Phi) is 4.69. The first kappa shape index (κ1) is 12.1. The monoisotopic (exact) mass is 213 g/mol. The van der Waals surface area contributed by atoms with Gasteiger partial charge in [-0.15, -0.1) is 0 Å². The zero-order valence-corrected chi connectivity index (χ0v) is 9.19. The quantitative estimate of drug-likeness (QED) is 0.791. The molecule has 1 N–H and O–H groups in total. The molecule has 0 fully saturated rings. The standard InChI is InChI=1S/C12H17F2N/c1-3-11(4-2)15-8-9-7-10(13)5-6-12(9)14/h5-7,11,15H,3-4,8H2,1-2H3. The molecule has 0 aliphatic heterocycles. The van der Waals surface area contributed by atoms with Crippen molar-refractivity contribution in [3.05, 3.63) is 35.4 Å². The summed E-state index contributed by atoms with van der Waals surface area (Å²) in [7, 11) is 0. The van der Waals surface area contributed by atoms with Crippen LogP contribution < -0.4 is 5.32 Å². The highest BCUT2D eigenvalue weighted by Crippen LogP contribution is 2.10. The highest BCUT2D eigenvalue weighted by atomic mass is 19.1. The van der Waals surface area contributed by atoms with Crippen molar-refractivity contribution in [2.45, 2.75) is 39.3 Å². The molecule has 1 aromatic rings. The predicted octanol–water partition coefficient (Wildman–Crippen LogP) is 3.24. The lowest BCUT2D eigenvalue weighted by molar-refractivity contribution is 0.473. The lowest BCUT2D eigenvalue weighted by atomic mass is 10.1. The Hall–Kier alpha value is -0.960. The molecule has 0 aliphatic carbocycles. The van der Waals surface area contributed by atoms with E-state index in [1.54, 1.807) is 0 Å². The van der Waals surface area contributed by atoms with Crippen molar-refractivity contribution < 1.29 is 8.78 Å². The molecule has 0 unspecified atom stereocenters. The molecule has 0 bridgehead atoms. The summed E-state index contributed by atoms with van der Waals surface area (Å²) in [5, 5.41) is 3.20. The van der Waals surface area contributed by atoms with Gasteiger partial charge in [-0.05, 0) is 31.0 Å². The number of rotatable bonds is 5. The Morgan fingerprint density at radius 2 is 1.87 bits per heavy atom. The van der Waals surface area contributed by atoms with Crippen LogP contribution in [0.5, 0.6) is 0 Å². The van der Waals surface area contributed by atoms with Gasteiger partial charge in [-0.2, -0.15) is 0 Å². The average Bonchev–Trinajstić information content (AvgIpc) is 2.24. The van der Waals surface area contributed by atoms with Crippen LogP contribution in [0.1, 0.15) is 32.3 Å². The van der Waals surface area contributed by atoms with Gasteiger partial charge in [-0.1, -0.05) is 13.8 Å². The molecule has 1 aromatic carbocycles. The Morgan fingerprint density at radius 3 is 2.47 bits per heavy atom. The van der Waals surface area contributed by atoms with Gasteiger partial charge in [0.15, 0.2) is 0 Å². The molecule has 1 rings (SSSR count). The van der Waals surface area contributed by atoms with E-state index in [1.165, 1.54) is 12.1 Å². The molecule has 15 heavy (non-hydrogen) atoms. The van der Waals surface area contributed by atoms with Gasteiger partial charge >= 0.3 is 0 Å².